The van der Waals surface area contributed by atoms with Gasteiger partial charge < -0.3 is 5.32 Å². The molecule has 0 saturated heterocycles. The third kappa shape index (κ3) is 2.38. The van der Waals surface area contributed by atoms with Crippen LogP contribution >= 0.6 is 0 Å². The fourth-order valence-electron chi connectivity index (χ4n) is 2.90. The van der Waals surface area contributed by atoms with Crippen LogP contribution in [0.25, 0.3) is 0 Å². The van der Waals surface area contributed by atoms with Gasteiger partial charge >= 0.3 is 0 Å². The maximum Gasteiger partial charge on any atom is 0.188 e. The first kappa shape index (κ1) is 12.3. The minimum Gasteiger partial charge on any atom is -0.302 e. The van der Waals surface area contributed by atoms with Crippen LogP contribution in [0.1, 0.15) is 43.3 Å². The zero-order valence-corrected chi connectivity index (χ0v) is 11.3. The minimum absolute atomic E-state index is 0.234. The third-order valence-electron chi connectivity index (χ3n) is 4.04. The minimum atomic E-state index is 0.234. The van der Waals surface area contributed by atoms with Gasteiger partial charge in [-0.25, -0.2) is 0 Å². The molecule has 1 heterocycles. The van der Waals surface area contributed by atoms with Crippen molar-refractivity contribution in [1.29, 1.82) is 0 Å². The number of tetrazole rings is 1. The van der Waals surface area contributed by atoms with E-state index in [0.29, 0.717) is 18.4 Å². The van der Waals surface area contributed by atoms with Crippen molar-refractivity contribution in [3.05, 3.63) is 41.2 Å². The van der Waals surface area contributed by atoms with E-state index < -0.39 is 0 Å². The molecule has 0 aliphatic heterocycles. The number of rotatable bonds is 3. The van der Waals surface area contributed by atoms with Crippen LogP contribution in [-0.2, 0) is 13.0 Å². The number of nitrogens with zero attached hydrogens (tertiary/aromatic N) is 3. The second kappa shape index (κ2) is 4.74. The van der Waals surface area contributed by atoms with Gasteiger partial charge in [-0.2, -0.15) is 5.21 Å². The van der Waals surface area contributed by atoms with Gasteiger partial charge in [0.2, 0.25) is 0 Å². The Morgan fingerprint density at radius 1 is 1.37 bits per heavy atom. The maximum absolute atomic E-state index is 3.99. The Balaban J connectivity index is 1.84. The van der Waals surface area contributed by atoms with Crippen LogP contribution < -0.4 is 5.32 Å². The molecule has 1 aliphatic rings. The zero-order chi connectivity index (χ0) is 13.3. The standard InChI is InChI=1S/C14H19N5/c1-14(2)8-7-10-5-3-4-6-11(10)13(14)15-9-12-16-18-19-17-12/h3-6,13,15H,7-9H2,1-2H3,(H,16,17,18,19). The van der Waals surface area contributed by atoms with Crippen molar-refractivity contribution in [3.8, 4) is 0 Å². The average molecular weight is 257 g/mol. The normalized spacial score (nSPS) is 21.1. The highest BCUT2D eigenvalue weighted by Gasteiger charge is 2.35. The van der Waals surface area contributed by atoms with Crippen LogP contribution in [-0.4, -0.2) is 20.6 Å². The Morgan fingerprint density at radius 3 is 3.00 bits per heavy atom. The van der Waals surface area contributed by atoms with E-state index in [9.17, 15) is 0 Å². The molecule has 1 aliphatic carbocycles. The lowest BCUT2D eigenvalue weighted by Gasteiger charge is -2.40. The van der Waals surface area contributed by atoms with Gasteiger partial charge in [0.15, 0.2) is 5.82 Å². The Hall–Kier alpha value is -1.75. The molecule has 0 saturated carbocycles. The van der Waals surface area contributed by atoms with Crippen LogP contribution in [0.2, 0.25) is 0 Å². The summed E-state index contributed by atoms with van der Waals surface area (Å²) in [5.41, 5.74) is 3.09. The van der Waals surface area contributed by atoms with E-state index in [1.807, 2.05) is 0 Å². The topological polar surface area (TPSA) is 66.5 Å². The molecule has 5 nitrogen and oxygen atoms in total. The van der Waals surface area contributed by atoms with Crippen molar-refractivity contribution in [2.24, 2.45) is 5.41 Å². The SMILES string of the molecule is CC1(C)CCc2ccccc2C1NCc1nn[nH]n1. The molecule has 0 bridgehead atoms. The summed E-state index contributed by atoms with van der Waals surface area (Å²) in [5, 5.41) is 17.7. The van der Waals surface area contributed by atoms with Gasteiger partial charge in [0, 0.05) is 6.04 Å². The van der Waals surface area contributed by atoms with Gasteiger partial charge in [-0.15, -0.1) is 10.2 Å². The van der Waals surface area contributed by atoms with Crippen LogP contribution in [0.15, 0.2) is 24.3 Å². The van der Waals surface area contributed by atoms with Crippen molar-refractivity contribution in [3.63, 3.8) is 0 Å². The Bertz CT molecular complexity index is 547. The molecule has 1 unspecified atom stereocenters. The summed E-state index contributed by atoms with van der Waals surface area (Å²) in [6, 6.07) is 9.02. The van der Waals surface area contributed by atoms with E-state index in [2.05, 4.69) is 64.1 Å². The fraction of sp³-hybridized carbons (Fsp3) is 0.500. The van der Waals surface area contributed by atoms with Crippen LogP contribution in [0.5, 0.6) is 0 Å². The maximum atomic E-state index is 3.99. The summed E-state index contributed by atoms with van der Waals surface area (Å²) in [5.74, 6) is 0.707. The number of aromatic nitrogens is 4. The van der Waals surface area contributed by atoms with E-state index in [1.54, 1.807) is 0 Å². The second-order valence-electron chi connectivity index (χ2n) is 5.83. The highest BCUT2D eigenvalue weighted by Crippen LogP contribution is 2.43. The molecule has 0 amide bonds. The summed E-state index contributed by atoms with van der Waals surface area (Å²) in [6.07, 6.45) is 2.34. The quantitative estimate of drug-likeness (QED) is 0.882. The first-order valence-electron chi connectivity index (χ1n) is 6.70. The summed E-state index contributed by atoms with van der Waals surface area (Å²) in [4.78, 5) is 0. The Kier molecular flexibility index (Phi) is 3.06. The van der Waals surface area contributed by atoms with Crippen molar-refractivity contribution in [1.82, 2.24) is 25.9 Å². The van der Waals surface area contributed by atoms with E-state index >= 15 is 0 Å². The van der Waals surface area contributed by atoms with Gasteiger partial charge in [-0.1, -0.05) is 43.3 Å². The summed E-state index contributed by atoms with van der Waals surface area (Å²) in [7, 11) is 0. The molecule has 1 aromatic heterocycles. The molecule has 0 radical (unpaired) electrons. The number of nitrogens with one attached hydrogen (secondary N) is 2. The molecule has 19 heavy (non-hydrogen) atoms. The highest BCUT2D eigenvalue weighted by atomic mass is 15.5. The lowest BCUT2D eigenvalue weighted by Crippen LogP contribution is -2.38. The third-order valence-corrected chi connectivity index (χ3v) is 4.04. The largest absolute Gasteiger partial charge is 0.302 e. The van der Waals surface area contributed by atoms with Gasteiger partial charge in [-0.3, -0.25) is 0 Å². The number of hydrogen-bond donors (Lipinski definition) is 2. The Morgan fingerprint density at radius 2 is 2.21 bits per heavy atom. The summed E-state index contributed by atoms with van der Waals surface area (Å²) < 4.78 is 0. The lowest BCUT2D eigenvalue weighted by molar-refractivity contribution is 0.207. The molecule has 0 fully saturated rings. The number of aryl methyl sites for hydroxylation is 1. The van der Waals surface area contributed by atoms with E-state index in [1.165, 1.54) is 17.5 Å². The van der Waals surface area contributed by atoms with Gasteiger partial charge in [0.05, 0.1) is 6.54 Å². The monoisotopic (exact) mass is 257 g/mol. The fourth-order valence-corrected chi connectivity index (χ4v) is 2.90. The lowest BCUT2D eigenvalue weighted by atomic mass is 9.70. The van der Waals surface area contributed by atoms with Crippen molar-refractivity contribution in [2.45, 2.75) is 39.3 Å². The summed E-state index contributed by atoms with van der Waals surface area (Å²) >= 11 is 0. The molecule has 3 rings (SSSR count). The van der Waals surface area contributed by atoms with Gasteiger partial charge in [0.25, 0.3) is 0 Å². The van der Waals surface area contributed by atoms with Crippen LogP contribution in [0.3, 0.4) is 0 Å². The molecule has 100 valence electrons. The molecule has 2 N–H and O–H groups in total. The Labute approximate surface area is 112 Å². The van der Waals surface area contributed by atoms with Crippen molar-refractivity contribution in [2.75, 3.05) is 0 Å². The smallest absolute Gasteiger partial charge is 0.188 e. The number of fused-ring (bicyclic) bond motifs is 1. The molecular formula is C14H19N5. The van der Waals surface area contributed by atoms with Crippen molar-refractivity contribution >= 4 is 0 Å². The molecule has 5 heteroatoms. The van der Waals surface area contributed by atoms with E-state index in [0.717, 1.165) is 6.42 Å². The van der Waals surface area contributed by atoms with Crippen LogP contribution in [0, 0.1) is 5.41 Å². The number of benzene rings is 1. The second-order valence-corrected chi connectivity index (χ2v) is 5.83. The first-order valence-corrected chi connectivity index (χ1v) is 6.70. The summed E-state index contributed by atoms with van der Waals surface area (Å²) in [6.45, 7) is 5.27. The predicted octanol–water partition coefficient (Wildman–Crippen LogP) is 2.00. The average Bonchev–Trinajstić information content (AvgIpc) is 2.90. The molecule has 2 aromatic rings. The van der Waals surface area contributed by atoms with Crippen molar-refractivity contribution < 1.29 is 0 Å². The van der Waals surface area contributed by atoms with Gasteiger partial charge in [-0.05, 0) is 29.4 Å². The number of H-pyrrole nitrogens is 1. The predicted molar refractivity (Wildman–Crippen MR) is 72.3 cm³/mol. The first-order chi connectivity index (χ1) is 9.17. The number of hydrogen-bond acceptors (Lipinski definition) is 4. The number of aromatic amines is 1. The van der Waals surface area contributed by atoms with E-state index in [4.69, 9.17) is 0 Å². The van der Waals surface area contributed by atoms with E-state index in [-0.39, 0.29) is 5.41 Å². The van der Waals surface area contributed by atoms with Crippen LogP contribution in [0.4, 0.5) is 0 Å². The zero-order valence-electron chi connectivity index (χ0n) is 11.3. The van der Waals surface area contributed by atoms with Gasteiger partial charge in [0.1, 0.15) is 0 Å². The highest BCUT2D eigenvalue weighted by molar-refractivity contribution is 5.34. The molecule has 1 aromatic carbocycles. The molecule has 1 atom stereocenters. The molecule has 0 spiro atoms. The molecular weight excluding hydrogens is 238 g/mol.